The Hall–Kier alpha value is -2.60. The van der Waals surface area contributed by atoms with Crippen molar-refractivity contribution in [1.82, 2.24) is 4.90 Å². The van der Waals surface area contributed by atoms with Crippen LogP contribution in [-0.2, 0) is 4.79 Å². The first-order chi connectivity index (χ1) is 14.5. The summed E-state index contributed by atoms with van der Waals surface area (Å²) in [5.74, 6) is 0.0859. The summed E-state index contributed by atoms with van der Waals surface area (Å²) in [4.78, 5) is 39.7. The minimum absolute atomic E-state index is 0.0531. The summed E-state index contributed by atoms with van der Waals surface area (Å²) in [5.41, 5.74) is 1.64. The summed E-state index contributed by atoms with van der Waals surface area (Å²) in [7, 11) is 1.89. The third kappa shape index (κ3) is 5.72. The molecule has 2 amide bonds. The van der Waals surface area contributed by atoms with Crippen molar-refractivity contribution in [1.29, 1.82) is 0 Å². The van der Waals surface area contributed by atoms with Crippen molar-refractivity contribution < 1.29 is 14.4 Å². The van der Waals surface area contributed by atoms with Crippen molar-refractivity contribution in [3.63, 3.8) is 0 Å². The van der Waals surface area contributed by atoms with Crippen LogP contribution in [0.4, 0.5) is 5.69 Å². The van der Waals surface area contributed by atoms with Crippen LogP contribution in [0.2, 0.25) is 0 Å². The molecule has 2 aromatic carbocycles. The molecule has 3 rings (SSSR count). The average Bonchev–Trinajstić information content (AvgIpc) is 2.77. The van der Waals surface area contributed by atoms with Crippen LogP contribution < -0.4 is 5.32 Å². The Labute approximate surface area is 182 Å². The van der Waals surface area contributed by atoms with Crippen molar-refractivity contribution in [2.24, 2.45) is 0 Å². The highest BCUT2D eigenvalue weighted by molar-refractivity contribution is 8.00. The number of hydrogen-bond acceptors (Lipinski definition) is 4. The molecule has 158 valence electrons. The first kappa shape index (κ1) is 22.1. The SMILES string of the molecule is CC(=O)c1cccc(NC(=O)c2ccccc2SCC(=O)N(C)C2CCCCC2)c1. The summed E-state index contributed by atoms with van der Waals surface area (Å²) < 4.78 is 0. The van der Waals surface area contributed by atoms with Crippen LogP contribution in [0.3, 0.4) is 0 Å². The molecule has 1 aliphatic rings. The fourth-order valence-corrected chi connectivity index (χ4v) is 4.68. The maximum absolute atomic E-state index is 12.8. The van der Waals surface area contributed by atoms with Gasteiger partial charge in [-0.15, -0.1) is 11.8 Å². The molecule has 5 nitrogen and oxygen atoms in total. The average molecular weight is 425 g/mol. The molecular weight excluding hydrogens is 396 g/mol. The summed E-state index contributed by atoms with van der Waals surface area (Å²) in [6, 6.07) is 14.5. The van der Waals surface area contributed by atoms with E-state index >= 15 is 0 Å². The van der Waals surface area contributed by atoms with Crippen LogP contribution in [-0.4, -0.2) is 41.3 Å². The Balaban J connectivity index is 1.65. The maximum Gasteiger partial charge on any atom is 0.256 e. The number of benzene rings is 2. The van der Waals surface area contributed by atoms with E-state index in [1.54, 1.807) is 36.4 Å². The third-order valence-corrected chi connectivity index (χ3v) is 6.58. The zero-order chi connectivity index (χ0) is 21.5. The van der Waals surface area contributed by atoms with Crippen LogP contribution in [0.15, 0.2) is 53.4 Å². The van der Waals surface area contributed by atoms with Gasteiger partial charge in [-0.25, -0.2) is 0 Å². The van der Waals surface area contributed by atoms with Crippen molar-refractivity contribution in [3.05, 3.63) is 59.7 Å². The third-order valence-electron chi connectivity index (χ3n) is 5.53. The molecule has 1 saturated carbocycles. The Morgan fingerprint density at radius 3 is 2.50 bits per heavy atom. The lowest BCUT2D eigenvalue weighted by Gasteiger charge is -2.31. The van der Waals surface area contributed by atoms with Crippen LogP contribution in [0.1, 0.15) is 59.7 Å². The second-order valence-electron chi connectivity index (χ2n) is 7.67. The van der Waals surface area contributed by atoms with Crippen molar-refractivity contribution >= 4 is 35.0 Å². The van der Waals surface area contributed by atoms with Gasteiger partial charge in [0.2, 0.25) is 5.91 Å². The zero-order valence-corrected chi connectivity index (χ0v) is 18.3. The van der Waals surface area contributed by atoms with Gasteiger partial charge in [0.05, 0.1) is 11.3 Å². The number of carbonyl (C=O) groups is 3. The molecule has 0 radical (unpaired) electrons. The minimum atomic E-state index is -0.258. The number of ketones is 1. The van der Waals surface area contributed by atoms with Crippen molar-refractivity contribution in [2.45, 2.75) is 50.0 Å². The highest BCUT2D eigenvalue weighted by atomic mass is 32.2. The summed E-state index contributed by atoms with van der Waals surface area (Å²) in [5, 5.41) is 2.86. The first-order valence-corrected chi connectivity index (χ1v) is 11.3. The monoisotopic (exact) mass is 424 g/mol. The van der Waals surface area contributed by atoms with Crippen molar-refractivity contribution in [2.75, 3.05) is 18.1 Å². The second-order valence-corrected chi connectivity index (χ2v) is 8.69. The lowest BCUT2D eigenvalue weighted by atomic mass is 9.94. The van der Waals surface area contributed by atoms with E-state index in [0.717, 1.165) is 17.7 Å². The molecule has 0 saturated heterocycles. The van der Waals surface area contributed by atoms with Gasteiger partial charge < -0.3 is 10.2 Å². The molecule has 0 aliphatic heterocycles. The van der Waals surface area contributed by atoms with Gasteiger partial charge >= 0.3 is 0 Å². The molecule has 0 atom stereocenters. The zero-order valence-electron chi connectivity index (χ0n) is 17.5. The predicted molar refractivity (Wildman–Crippen MR) is 121 cm³/mol. The number of nitrogens with one attached hydrogen (secondary N) is 1. The molecule has 30 heavy (non-hydrogen) atoms. The van der Waals surface area contributed by atoms with Gasteiger partial charge in [0.25, 0.3) is 5.91 Å². The summed E-state index contributed by atoms with van der Waals surface area (Å²) >= 11 is 1.39. The molecule has 6 heteroatoms. The van der Waals surface area contributed by atoms with E-state index in [1.165, 1.54) is 37.9 Å². The van der Waals surface area contributed by atoms with Gasteiger partial charge in [-0.05, 0) is 44.0 Å². The number of thioether (sulfide) groups is 1. The predicted octanol–water partition coefficient (Wildman–Crippen LogP) is 5.02. The molecule has 0 bridgehead atoms. The van der Waals surface area contributed by atoms with E-state index in [4.69, 9.17) is 0 Å². The van der Waals surface area contributed by atoms with Gasteiger partial charge in [0, 0.05) is 29.2 Å². The molecular formula is C24H28N2O3S. The quantitative estimate of drug-likeness (QED) is 0.500. The lowest BCUT2D eigenvalue weighted by Crippen LogP contribution is -2.39. The van der Waals surface area contributed by atoms with E-state index in [1.807, 2.05) is 24.1 Å². The van der Waals surface area contributed by atoms with Gasteiger partial charge in [-0.1, -0.05) is 43.5 Å². The van der Waals surface area contributed by atoms with E-state index in [9.17, 15) is 14.4 Å². The number of carbonyl (C=O) groups excluding carboxylic acids is 3. The molecule has 1 aliphatic carbocycles. The largest absolute Gasteiger partial charge is 0.342 e. The number of rotatable bonds is 7. The highest BCUT2D eigenvalue weighted by Gasteiger charge is 2.22. The maximum atomic E-state index is 12.8. The minimum Gasteiger partial charge on any atom is -0.342 e. The first-order valence-electron chi connectivity index (χ1n) is 10.4. The van der Waals surface area contributed by atoms with Crippen LogP contribution in [0.5, 0.6) is 0 Å². The Morgan fingerprint density at radius 1 is 1.03 bits per heavy atom. The number of amides is 2. The molecule has 2 aromatic rings. The second kappa shape index (κ2) is 10.4. The molecule has 0 aromatic heterocycles. The van der Waals surface area contributed by atoms with Crippen LogP contribution in [0.25, 0.3) is 0 Å². The highest BCUT2D eigenvalue weighted by Crippen LogP contribution is 2.26. The fraction of sp³-hybridized carbons (Fsp3) is 0.375. The Bertz CT molecular complexity index is 922. The molecule has 1 N–H and O–H groups in total. The molecule has 1 fully saturated rings. The smallest absolute Gasteiger partial charge is 0.256 e. The molecule has 0 unspecified atom stereocenters. The number of hydrogen-bond donors (Lipinski definition) is 1. The van der Waals surface area contributed by atoms with E-state index in [-0.39, 0.29) is 17.6 Å². The van der Waals surface area contributed by atoms with Gasteiger partial charge in [0.15, 0.2) is 5.78 Å². The van der Waals surface area contributed by atoms with Crippen molar-refractivity contribution in [3.8, 4) is 0 Å². The van der Waals surface area contributed by atoms with Crippen LogP contribution in [0, 0.1) is 0 Å². The Kier molecular flexibility index (Phi) is 7.69. The standard InChI is InChI=1S/C24H28N2O3S/c1-17(27)18-9-8-10-19(15-18)25-24(29)21-13-6-7-14-22(21)30-16-23(28)26(2)20-11-4-3-5-12-20/h6-10,13-15,20H,3-5,11-12,16H2,1-2H3,(H,25,29). The topological polar surface area (TPSA) is 66.5 Å². The number of nitrogens with zero attached hydrogens (tertiary/aromatic N) is 1. The summed E-state index contributed by atoms with van der Waals surface area (Å²) in [6.07, 6.45) is 5.77. The molecule has 0 spiro atoms. The van der Waals surface area contributed by atoms with Gasteiger partial charge in [-0.2, -0.15) is 0 Å². The van der Waals surface area contributed by atoms with Gasteiger partial charge in [0.1, 0.15) is 0 Å². The summed E-state index contributed by atoms with van der Waals surface area (Å²) in [6.45, 7) is 1.49. The van der Waals surface area contributed by atoms with Gasteiger partial charge in [-0.3, -0.25) is 14.4 Å². The normalized spacial score (nSPS) is 14.2. The van der Waals surface area contributed by atoms with E-state index in [0.29, 0.717) is 28.6 Å². The number of Topliss-reactive ketones (excluding diaryl/α,β-unsaturated/α-hetero) is 1. The van der Waals surface area contributed by atoms with Crippen LogP contribution >= 0.6 is 11.8 Å². The van der Waals surface area contributed by atoms with E-state index < -0.39 is 0 Å². The number of anilines is 1. The van der Waals surface area contributed by atoms with E-state index in [2.05, 4.69) is 5.32 Å². The Morgan fingerprint density at radius 2 is 1.77 bits per heavy atom. The fourth-order valence-electron chi connectivity index (χ4n) is 3.71. The lowest BCUT2D eigenvalue weighted by molar-refractivity contribution is -0.129. The molecule has 0 heterocycles.